The molecule has 2 nitrogen and oxygen atoms in total. The van der Waals surface area contributed by atoms with Crippen LogP contribution >= 0.6 is 11.3 Å². The Balaban J connectivity index is 2.07. The molecule has 0 saturated heterocycles. The number of fused-ring (bicyclic) bond motifs is 1. The zero-order chi connectivity index (χ0) is 11.7. The SMILES string of the molecule is COc1cccc(C2=NCCc3sccc32)c1. The lowest BCUT2D eigenvalue weighted by Gasteiger charge is -2.13. The van der Waals surface area contributed by atoms with Crippen molar-refractivity contribution in [3.8, 4) is 5.75 Å². The molecule has 0 aliphatic carbocycles. The van der Waals surface area contributed by atoms with Gasteiger partial charge in [0.25, 0.3) is 0 Å². The van der Waals surface area contributed by atoms with E-state index in [1.807, 2.05) is 29.5 Å². The fourth-order valence-corrected chi connectivity index (χ4v) is 2.99. The smallest absolute Gasteiger partial charge is 0.119 e. The van der Waals surface area contributed by atoms with Crippen LogP contribution in [-0.4, -0.2) is 19.4 Å². The maximum absolute atomic E-state index is 5.26. The monoisotopic (exact) mass is 243 g/mol. The van der Waals surface area contributed by atoms with Crippen molar-refractivity contribution in [3.63, 3.8) is 0 Å². The van der Waals surface area contributed by atoms with Crippen LogP contribution in [0.2, 0.25) is 0 Å². The molecule has 17 heavy (non-hydrogen) atoms. The van der Waals surface area contributed by atoms with E-state index in [1.54, 1.807) is 7.11 Å². The molecule has 0 amide bonds. The summed E-state index contributed by atoms with van der Waals surface area (Å²) in [5.74, 6) is 0.882. The highest BCUT2D eigenvalue weighted by molar-refractivity contribution is 7.10. The van der Waals surface area contributed by atoms with Crippen LogP contribution in [0.5, 0.6) is 5.75 Å². The Morgan fingerprint density at radius 3 is 3.12 bits per heavy atom. The Morgan fingerprint density at radius 1 is 1.29 bits per heavy atom. The minimum atomic E-state index is 0.882. The van der Waals surface area contributed by atoms with Crippen LogP contribution in [0, 0.1) is 0 Å². The third-order valence-corrected chi connectivity index (χ3v) is 3.93. The molecule has 0 radical (unpaired) electrons. The van der Waals surface area contributed by atoms with Gasteiger partial charge in [-0.25, -0.2) is 0 Å². The second-order valence-corrected chi connectivity index (χ2v) is 4.97. The highest BCUT2D eigenvalue weighted by atomic mass is 32.1. The number of aliphatic imine (C=N–C) groups is 1. The Morgan fingerprint density at radius 2 is 2.24 bits per heavy atom. The van der Waals surface area contributed by atoms with Crippen molar-refractivity contribution >= 4 is 17.0 Å². The zero-order valence-electron chi connectivity index (χ0n) is 9.64. The summed E-state index contributed by atoms with van der Waals surface area (Å²) < 4.78 is 5.26. The van der Waals surface area contributed by atoms with Crippen LogP contribution in [0.15, 0.2) is 40.7 Å². The van der Waals surface area contributed by atoms with Gasteiger partial charge in [0.2, 0.25) is 0 Å². The molecule has 0 N–H and O–H groups in total. The van der Waals surface area contributed by atoms with Gasteiger partial charge in [0, 0.05) is 29.0 Å². The Kier molecular flexibility index (Phi) is 2.69. The first kappa shape index (κ1) is 10.5. The van der Waals surface area contributed by atoms with Gasteiger partial charge in [0.05, 0.1) is 12.8 Å². The molecule has 0 spiro atoms. The van der Waals surface area contributed by atoms with E-state index in [1.165, 1.54) is 10.4 Å². The summed E-state index contributed by atoms with van der Waals surface area (Å²) in [6.07, 6.45) is 1.07. The van der Waals surface area contributed by atoms with Crippen molar-refractivity contribution in [1.82, 2.24) is 0 Å². The van der Waals surface area contributed by atoms with E-state index >= 15 is 0 Å². The van der Waals surface area contributed by atoms with E-state index in [-0.39, 0.29) is 0 Å². The van der Waals surface area contributed by atoms with Gasteiger partial charge < -0.3 is 4.74 Å². The van der Waals surface area contributed by atoms with E-state index in [2.05, 4.69) is 22.5 Å². The van der Waals surface area contributed by atoms with Gasteiger partial charge in [-0.3, -0.25) is 4.99 Å². The minimum Gasteiger partial charge on any atom is -0.497 e. The lowest BCUT2D eigenvalue weighted by Crippen LogP contribution is -2.11. The van der Waals surface area contributed by atoms with Gasteiger partial charge in [-0.2, -0.15) is 0 Å². The number of rotatable bonds is 2. The normalized spacial score (nSPS) is 14.1. The Labute approximate surface area is 105 Å². The van der Waals surface area contributed by atoms with E-state index in [9.17, 15) is 0 Å². The topological polar surface area (TPSA) is 21.6 Å². The van der Waals surface area contributed by atoms with E-state index < -0.39 is 0 Å². The standard InChI is InChI=1S/C14H13NOS/c1-16-11-4-2-3-10(9-11)14-12-6-8-17-13(12)5-7-15-14/h2-4,6,8-9H,5,7H2,1H3. The molecular weight excluding hydrogens is 230 g/mol. The molecule has 3 heteroatoms. The Hall–Kier alpha value is -1.61. The molecule has 0 bridgehead atoms. The van der Waals surface area contributed by atoms with Crippen LogP contribution in [-0.2, 0) is 6.42 Å². The maximum Gasteiger partial charge on any atom is 0.119 e. The fourth-order valence-electron chi connectivity index (χ4n) is 2.12. The number of hydrogen-bond acceptors (Lipinski definition) is 3. The van der Waals surface area contributed by atoms with Gasteiger partial charge in [0.1, 0.15) is 5.75 Å². The lowest BCUT2D eigenvalue weighted by atomic mass is 9.99. The second-order valence-electron chi connectivity index (χ2n) is 3.97. The largest absolute Gasteiger partial charge is 0.497 e. The second kappa shape index (κ2) is 4.34. The number of nitrogens with zero attached hydrogens (tertiary/aromatic N) is 1. The predicted molar refractivity (Wildman–Crippen MR) is 71.5 cm³/mol. The molecule has 3 rings (SSSR count). The van der Waals surface area contributed by atoms with Crippen molar-refractivity contribution in [2.75, 3.05) is 13.7 Å². The molecule has 2 aromatic rings. The van der Waals surface area contributed by atoms with Gasteiger partial charge in [-0.05, 0) is 23.6 Å². The molecule has 1 aromatic carbocycles. The third-order valence-electron chi connectivity index (χ3n) is 2.95. The first-order chi connectivity index (χ1) is 8.38. The van der Waals surface area contributed by atoms with Gasteiger partial charge in [-0.1, -0.05) is 12.1 Å². The van der Waals surface area contributed by atoms with Crippen molar-refractivity contribution in [2.45, 2.75) is 6.42 Å². The summed E-state index contributed by atoms with van der Waals surface area (Å²) in [5.41, 5.74) is 3.53. The van der Waals surface area contributed by atoms with Crippen LogP contribution in [0.1, 0.15) is 16.0 Å². The van der Waals surface area contributed by atoms with Crippen molar-refractivity contribution in [3.05, 3.63) is 51.7 Å². The zero-order valence-corrected chi connectivity index (χ0v) is 10.5. The van der Waals surface area contributed by atoms with E-state index in [0.717, 1.165) is 30.0 Å². The highest BCUT2D eigenvalue weighted by Crippen LogP contribution is 2.26. The van der Waals surface area contributed by atoms with Crippen LogP contribution in [0.3, 0.4) is 0 Å². The maximum atomic E-state index is 5.26. The molecule has 1 aromatic heterocycles. The summed E-state index contributed by atoms with van der Waals surface area (Å²) in [6.45, 7) is 0.889. The van der Waals surface area contributed by atoms with Crippen molar-refractivity contribution in [2.24, 2.45) is 4.99 Å². The van der Waals surface area contributed by atoms with Gasteiger partial charge in [0.15, 0.2) is 0 Å². The average molecular weight is 243 g/mol. The van der Waals surface area contributed by atoms with Crippen molar-refractivity contribution < 1.29 is 4.74 Å². The predicted octanol–water partition coefficient (Wildman–Crippen LogP) is 3.15. The van der Waals surface area contributed by atoms with Crippen molar-refractivity contribution in [1.29, 1.82) is 0 Å². The Bertz CT molecular complexity index is 571. The summed E-state index contributed by atoms with van der Waals surface area (Å²) in [7, 11) is 1.69. The summed E-state index contributed by atoms with van der Waals surface area (Å²) in [4.78, 5) is 6.10. The number of ether oxygens (including phenoxy) is 1. The van der Waals surface area contributed by atoms with E-state index in [4.69, 9.17) is 4.74 Å². The third kappa shape index (κ3) is 1.87. The molecule has 86 valence electrons. The molecule has 1 aliphatic rings. The molecule has 1 aliphatic heterocycles. The number of hydrogen-bond donors (Lipinski definition) is 0. The minimum absolute atomic E-state index is 0.882. The quantitative estimate of drug-likeness (QED) is 0.794. The molecule has 2 heterocycles. The number of thiophene rings is 1. The molecular formula is C14H13NOS. The summed E-state index contributed by atoms with van der Waals surface area (Å²) in [5, 5.41) is 2.14. The van der Waals surface area contributed by atoms with Gasteiger partial charge in [-0.15, -0.1) is 11.3 Å². The summed E-state index contributed by atoms with van der Waals surface area (Å²) >= 11 is 1.82. The first-order valence-corrected chi connectivity index (χ1v) is 6.52. The number of benzene rings is 1. The molecule has 0 atom stereocenters. The van der Waals surface area contributed by atoms with Crippen LogP contribution in [0.4, 0.5) is 0 Å². The lowest BCUT2D eigenvalue weighted by molar-refractivity contribution is 0.414. The number of methoxy groups -OCH3 is 1. The van der Waals surface area contributed by atoms with Crippen LogP contribution < -0.4 is 4.74 Å². The molecule has 0 saturated carbocycles. The van der Waals surface area contributed by atoms with E-state index in [0.29, 0.717) is 0 Å². The molecule has 0 unspecified atom stereocenters. The summed E-state index contributed by atoms with van der Waals surface area (Å²) in [6, 6.07) is 10.3. The average Bonchev–Trinajstić information content (AvgIpc) is 2.87. The highest BCUT2D eigenvalue weighted by Gasteiger charge is 2.16. The molecule has 0 fully saturated rings. The van der Waals surface area contributed by atoms with Gasteiger partial charge >= 0.3 is 0 Å². The first-order valence-electron chi connectivity index (χ1n) is 5.64. The fraction of sp³-hybridized carbons (Fsp3) is 0.214. The van der Waals surface area contributed by atoms with Crippen LogP contribution in [0.25, 0.3) is 0 Å².